The van der Waals surface area contributed by atoms with Gasteiger partial charge >= 0.3 is 0 Å². The average molecular weight is 486 g/mol. The molecule has 0 aliphatic carbocycles. The van der Waals surface area contributed by atoms with E-state index in [1.54, 1.807) is 37.3 Å². The lowest BCUT2D eigenvalue weighted by atomic mass is 10.2. The van der Waals surface area contributed by atoms with Crippen LogP contribution in [0.4, 0.5) is 5.69 Å². The predicted octanol–water partition coefficient (Wildman–Crippen LogP) is 4.44. The summed E-state index contributed by atoms with van der Waals surface area (Å²) in [7, 11) is 3.34. The van der Waals surface area contributed by atoms with Crippen LogP contribution in [0.2, 0.25) is 0 Å². The summed E-state index contributed by atoms with van der Waals surface area (Å²) in [5, 5.41) is 21.5. The van der Waals surface area contributed by atoms with Crippen molar-refractivity contribution in [2.24, 2.45) is 0 Å². The van der Waals surface area contributed by atoms with Crippen LogP contribution >= 0.6 is 23.1 Å². The lowest BCUT2D eigenvalue weighted by Gasteiger charge is -2.19. The fraction of sp³-hybridized carbons (Fsp3) is 0.320. The monoisotopic (exact) mass is 485 g/mol. The first-order valence-corrected chi connectivity index (χ1v) is 12.5. The fourth-order valence-electron chi connectivity index (χ4n) is 3.86. The highest BCUT2D eigenvalue weighted by Gasteiger charge is 2.26. The Hall–Kier alpha value is -2.52. The molecule has 2 heterocycles. The van der Waals surface area contributed by atoms with Gasteiger partial charge in [-0.2, -0.15) is 4.57 Å². The number of benzene rings is 2. The first-order valence-electron chi connectivity index (χ1n) is 10.9. The van der Waals surface area contributed by atoms with Gasteiger partial charge in [0.15, 0.2) is 6.54 Å². The van der Waals surface area contributed by atoms with Crippen molar-refractivity contribution in [2.75, 3.05) is 38.9 Å². The van der Waals surface area contributed by atoms with E-state index in [1.165, 1.54) is 5.57 Å². The number of thiazole rings is 1. The second kappa shape index (κ2) is 10.6. The summed E-state index contributed by atoms with van der Waals surface area (Å²) >= 11 is 3.38. The Bertz CT molecular complexity index is 1200. The summed E-state index contributed by atoms with van der Waals surface area (Å²) in [5.74, 6) is 1.65. The van der Waals surface area contributed by atoms with Crippen LogP contribution in [0.25, 0.3) is 16.3 Å². The number of ether oxygens (including phenoxy) is 2. The number of aliphatic hydroxyl groups excluding tert-OH is 2. The third-order valence-electron chi connectivity index (χ3n) is 5.55. The van der Waals surface area contributed by atoms with Crippen molar-refractivity contribution in [3.8, 4) is 11.5 Å². The number of β-amino-alcohol motifs (C(OH)–C–C–N with tert-alkyl or cyclic N) is 1. The van der Waals surface area contributed by atoms with Gasteiger partial charge in [0.25, 0.3) is 5.01 Å². The minimum Gasteiger partial charge on any atom is -0.497 e. The number of nitrogens with zero attached hydrogens (tertiary/aromatic N) is 2. The normalized spacial score (nSPS) is 14.9. The van der Waals surface area contributed by atoms with Crippen molar-refractivity contribution in [3.63, 3.8) is 0 Å². The molecule has 1 aromatic heterocycles. The third-order valence-corrected chi connectivity index (χ3v) is 7.74. The van der Waals surface area contributed by atoms with Gasteiger partial charge in [0.1, 0.15) is 22.8 Å². The van der Waals surface area contributed by atoms with Crippen LogP contribution in [-0.2, 0) is 6.54 Å². The fourth-order valence-corrected chi connectivity index (χ4v) is 6.25. The van der Waals surface area contributed by atoms with Gasteiger partial charge in [0.05, 0.1) is 31.5 Å². The number of hydrogen-bond acceptors (Lipinski definition) is 7. The SMILES string of the molecule is CCC(/C=C1\Sc2cc(OC)ccc2N1CCO)=C\c1sc2cc(OC)ccc2[n+]1CCO. The molecule has 1 aliphatic heterocycles. The Labute approximate surface area is 202 Å². The zero-order chi connectivity index (χ0) is 23.4. The maximum atomic E-state index is 9.66. The molecule has 8 heteroatoms. The van der Waals surface area contributed by atoms with E-state index in [2.05, 4.69) is 28.5 Å². The van der Waals surface area contributed by atoms with Gasteiger partial charge < -0.3 is 24.6 Å². The molecule has 4 rings (SSSR count). The van der Waals surface area contributed by atoms with Crippen LogP contribution in [0.1, 0.15) is 18.4 Å². The van der Waals surface area contributed by atoms with Crippen LogP contribution in [0.5, 0.6) is 11.5 Å². The number of hydrogen-bond donors (Lipinski definition) is 2. The zero-order valence-corrected chi connectivity index (χ0v) is 20.7. The second-order valence-corrected chi connectivity index (χ2v) is 9.64. The lowest BCUT2D eigenvalue weighted by Crippen LogP contribution is -2.36. The van der Waals surface area contributed by atoms with Crippen LogP contribution in [0.15, 0.2) is 58.0 Å². The largest absolute Gasteiger partial charge is 0.497 e. The summed E-state index contributed by atoms with van der Waals surface area (Å²) in [5.41, 5.74) is 3.34. The molecular formula is C25H29N2O4S2+. The lowest BCUT2D eigenvalue weighted by molar-refractivity contribution is -0.670. The summed E-state index contributed by atoms with van der Waals surface area (Å²) in [6.07, 6.45) is 5.25. The van der Waals surface area contributed by atoms with E-state index in [1.807, 2.05) is 36.4 Å². The third kappa shape index (κ3) is 4.89. The smallest absolute Gasteiger partial charge is 0.263 e. The van der Waals surface area contributed by atoms with Gasteiger partial charge in [-0.05, 0) is 42.3 Å². The van der Waals surface area contributed by atoms with Crippen molar-refractivity contribution >= 4 is 45.1 Å². The van der Waals surface area contributed by atoms with E-state index < -0.39 is 0 Å². The van der Waals surface area contributed by atoms with Gasteiger partial charge in [-0.1, -0.05) is 30.0 Å². The first kappa shape index (κ1) is 23.6. The molecule has 174 valence electrons. The summed E-state index contributed by atoms with van der Waals surface area (Å²) < 4.78 is 14.1. The van der Waals surface area contributed by atoms with E-state index in [9.17, 15) is 10.2 Å². The standard InChI is InChI=1S/C25H29N2O4S2/c1-4-17(13-24-26(9-11-28)20-7-5-18(30-2)15-22(20)32-24)14-25-27(10-12-29)21-8-6-19(31-3)16-23(21)33-25/h5-8,13-16,28-29H,4,9-12H2,1-3H3/q+1. The topological polar surface area (TPSA) is 66.0 Å². The van der Waals surface area contributed by atoms with Crippen molar-refractivity contribution in [1.82, 2.24) is 0 Å². The Morgan fingerprint density at radius 1 is 1.06 bits per heavy atom. The highest BCUT2D eigenvalue weighted by molar-refractivity contribution is 8.03. The molecule has 33 heavy (non-hydrogen) atoms. The number of methoxy groups -OCH3 is 2. The summed E-state index contributed by atoms with van der Waals surface area (Å²) in [4.78, 5) is 3.27. The maximum Gasteiger partial charge on any atom is 0.263 e. The molecule has 0 amide bonds. The minimum atomic E-state index is 0.0726. The van der Waals surface area contributed by atoms with Crippen molar-refractivity contribution in [3.05, 3.63) is 58.1 Å². The molecule has 0 bridgehead atoms. The summed E-state index contributed by atoms with van der Waals surface area (Å²) in [6, 6.07) is 12.1. The van der Waals surface area contributed by atoms with E-state index in [4.69, 9.17) is 9.47 Å². The Balaban J connectivity index is 1.74. The quantitative estimate of drug-likeness (QED) is 0.437. The predicted molar refractivity (Wildman–Crippen MR) is 135 cm³/mol. The van der Waals surface area contributed by atoms with Crippen LogP contribution in [0.3, 0.4) is 0 Å². The molecule has 0 atom stereocenters. The number of fused-ring (bicyclic) bond motifs is 2. The zero-order valence-electron chi connectivity index (χ0n) is 19.1. The number of allylic oxidation sites excluding steroid dienone is 2. The van der Waals surface area contributed by atoms with Crippen LogP contribution < -0.4 is 18.9 Å². The molecule has 0 saturated heterocycles. The summed E-state index contributed by atoms with van der Waals surface area (Å²) in [6.45, 7) is 3.35. The molecule has 0 radical (unpaired) electrons. The van der Waals surface area contributed by atoms with Gasteiger partial charge in [-0.3, -0.25) is 0 Å². The van der Waals surface area contributed by atoms with E-state index in [0.717, 1.165) is 48.8 Å². The number of aliphatic hydroxyl groups is 2. The van der Waals surface area contributed by atoms with E-state index in [-0.39, 0.29) is 13.2 Å². The number of aromatic nitrogens is 1. The number of rotatable bonds is 9. The van der Waals surface area contributed by atoms with Gasteiger partial charge in [-0.15, -0.1) is 0 Å². The van der Waals surface area contributed by atoms with E-state index >= 15 is 0 Å². The molecule has 0 fully saturated rings. The second-order valence-electron chi connectivity index (χ2n) is 7.52. The molecule has 3 aromatic rings. The van der Waals surface area contributed by atoms with Crippen molar-refractivity contribution in [2.45, 2.75) is 24.8 Å². The van der Waals surface area contributed by atoms with Crippen molar-refractivity contribution in [1.29, 1.82) is 0 Å². The molecule has 0 saturated carbocycles. The molecule has 2 aromatic carbocycles. The maximum absolute atomic E-state index is 9.66. The van der Waals surface area contributed by atoms with Crippen LogP contribution in [-0.4, -0.2) is 44.2 Å². The highest BCUT2D eigenvalue weighted by Crippen LogP contribution is 2.47. The molecule has 0 spiro atoms. The number of anilines is 1. The molecule has 1 aliphatic rings. The van der Waals surface area contributed by atoms with E-state index in [0.29, 0.717) is 13.1 Å². The van der Waals surface area contributed by atoms with Crippen molar-refractivity contribution < 1.29 is 24.3 Å². The molecule has 6 nitrogen and oxygen atoms in total. The molecule has 0 unspecified atom stereocenters. The first-order chi connectivity index (χ1) is 16.1. The minimum absolute atomic E-state index is 0.0726. The van der Waals surface area contributed by atoms with Gasteiger partial charge in [0.2, 0.25) is 5.52 Å². The van der Waals surface area contributed by atoms with Gasteiger partial charge in [0, 0.05) is 29.6 Å². The van der Waals surface area contributed by atoms with Gasteiger partial charge in [-0.25, -0.2) is 0 Å². The molecular weight excluding hydrogens is 456 g/mol. The Morgan fingerprint density at radius 3 is 2.52 bits per heavy atom. The Kier molecular flexibility index (Phi) is 7.60. The Morgan fingerprint density at radius 2 is 1.82 bits per heavy atom. The number of thioether (sulfide) groups is 1. The highest BCUT2D eigenvalue weighted by atomic mass is 32.2. The van der Waals surface area contributed by atoms with Crippen LogP contribution in [0, 0.1) is 0 Å². The molecule has 2 N–H and O–H groups in total. The average Bonchev–Trinajstić information content (AvgIpc) is 3.35.